The van der Waals surface area contributed by atoms with Crippen molar-refractivity contribution < 1.29 is 23.9 Å². The minimum atomic E-state index is -1.10. The third kappa shape index (κ3) is 4.24. The quantitative estimate of drug-likeness (QED) is 0.659. The Labute approximate surface area is 140 Å². The average Bonchev–Trinajstić information content (AvgIpc) is 3.31. The average molecular weight is 334 g/mol. The molecule has 2 rings (SSSR count). The molecule has 1 fully saturated rings. The van der Waals surface area contributed by atoms with Gasteiger partial charge < -0.3 is 14.0 Å². The molecule has 130 valence electrons. The number of ether oxygens (including phenoxy) is 2. The van der Waals surface area contributed by atoms with E-state index in [1.807, 2.05) is 25.2 Å². The van der Waals surface area contributed by atoms with Crippen LogP contribution in [0.3, 0.4) is 0 Å². The molecule has 0 bridgehead atoms. The van der Waals surface area contributed by atoms with E-state index < -0.39 is 24.1 Å². The van der Waals surface area contributed by atoms with Crippen LogP contribution >= 0.6 is 0 Å². The third-order valence-electron chi connectivity index (χ3n) is 3.91. The summed E-state index contributed by atoms with van der Waals surface area (Å²) in [6.45, 7) is 5.44. The molecule has 0 unspecified atom stereocenters. The Hall–Kier alpha value is -2.57. The van der Waals surface area contributed by atoms with Crippen LogP contribution < -0.4 is 5.32 Å². The number of carbonyl (C=O) groups is 3. The van der Waals surface area contributed by atoms with Crippen molar-refractivity contribution in [2.45, 2.75) is 45.8 Å². The molecule has 0 aromatic carbocycles. The summed E-state index contributed by atoms with van der Waals surface area (Å²) in [4.78, 5) is 34.4. The Bertz CT molecular complexity index is 685. The van der Waals surface area contributed by atoms with Gasteiger partial charge >= 0.3 is 12.1 Å². The fourth-order valence-electron chi connectivity index (χ4n) is 2.54. The number of aromatic nitrogens is 1. The molecule has 2 amide bonds. The molecule has 1 heterocycles. The number of hydrogen-bond donors (Lipinski definition) is 1. The van der Waals surface area contributed by atoms with Crippen molar-refractivity contribution in [1.29, 1.82) is 0 Å². The molecule has 1 aliphatic rings. The predicted molar refractivity (Wildman–Crippen MR) is 87.3 cm³/mol. The summed E-state index contributed by atoms with van der Waals surface area (Å²) in [5.74, 6) is -1.39. The lowest BCUT2D eigenvalue weighted by Gasteiger charge is -2.10. The summed E-state index contributed by atoms with van der Waals surface area (Å²) in [6, 6.07) is 2.59. The number of carbonyl (C=O) groups excluding carboxylic acids is 3. The van der Waals surface area contributed by atoms with E-state index in [-0.39, 0.29) is 0 Å². The minimum absolute atomic E-state index is 0.571. The van der Waals surface area contributed by atoms with Crippen LogP contribution in [0.25, 0.3) is 6.08 Å². The maximum absolute atomic E-state index is 11.8. The van der Waals surface area contributed by atoms with Gasteiger partial charge in [0.25, 0.3) is 5.91 Å². The first-order valence-corrected chi connectivity index (χ1v) is 7.79. The first-order chi connectivity index (χ1) is 11.3. The maximum Gasteiger partial charge on any atom is 0.413 e. The maximum atomic E-state index is 11.8. The zero-order chi connectivity index (χ0) is 17.9. The summed E-state index contributed by atoms with van der Waals surface area (Å²) < 4.78 is 11.5. The number of aryl methyl sites for hydroxylation is 1. The largest absolute Gasteiger partial charge is 0.453 e. The van der Waals surface area contributed by atoms with E-state index in [2.05, 4.69) is 9.30 Å². The van der Waals surface area contributed by atoms with Crippen LogP contribution in [0.5, 0.6) is 0 Å². The van der Waals surface area contributed by atoms with E-state index in [0.717, 1.165) is 24.1 Å². The molecule has 24 heavy (non-hydrogen) atoms. The van der Waals surface area contributed by atoms with Crippen LogP contribution in [0, 0.1) is 13.8 Å². The summed E-state index contributed by atoms with van der Waals surface area (Å²) in [5, 5.41) is 1.94. The topological polar surface area (TPSA) is 86.6 Å². The van der Waals surface area contributed by atoms with Crippen molar-refractivity contribution >= 4 is 24.0 Å². The highest BCUT2D eigenvalue weighted by atomic mass is 16.6. The van der Waals surface area contributed by atoms with Crippen LogP contribution in [0.15, 0.2) is 12.1 Å². The van der Waals surface area contributed by atoms with Gasteiger partial charge in [0.15, 0.2) is 6.10 Å². The van der Waals surface area contributed by atoms with Crippen molar-refractivity contribution in [1.82, 2.24) is 9.88 Å². The molecular formula is C17H22N2O5. The van der Waals surface area contributed by atoms with Crippen LogP contribution in [-0.2, 0) is 19.1 Å². The van der Waals surface area contributed by atoms with Crippen molar-refractivity contribution in [3.8, 4) is 0 Å². The van der Waals surface area contributed by atoms with Gasteiger partial charge in [0, 0.05) is 23.5 Å². The highest BCUT2D eigenvalue weighted by molar-refractivity contribution is 5.96. The highest BCUT2D eigenvalue weighted by Crippen LogP contribution is 2.38. The Balaban J connectivity index is 1.94. The Morgan fingerprint density at radius 1 is 1.33 bits per heavy atom. The highest BCUT2D eigenvalue weighted by Gasteiger charge is 2.26. The molecule has 7 nitrogen and oxygen atoms in total. The Kier molecular flexibility index (Phi) is 5.43. The molecule has 1 aliphatic carbocycles. The summed E-state index contributed by atoms with van der Waals surface area (Å²) in [7, 11) is 1.14. The zero-order valence-electron chi connectivity index (χ0n) is 14.3. The number of esters is 1. The van der Waals surface area contributed by atoms with Gasteiger partial charge in [-0.25, -0.2) is 9.59 Å². The Morgan fingerprint density at radius 3 is 2.58 bits per heavy atom. The van der Waals surface area contributed by atoms with Gasteiger partial charge in [-0.05, 0) is 51.3 Å². The van der Waals surface area contributed by atoms with E-state index in [0.29, 0.717) is 6.04 Å². The van der Waals surface area contributed by atoms with E-state index in [4.69, 9.17) is 4.74 Å². The minimum Gasteiger partial charge on any atom is -0.453 e. The van der Waals surface area contributed by atoms with Crippen molar-refractivity contribution in [2.24, 2.45) is 0 Å². The monoisotopic (exact) mass is 334 g/mol. The smallest absolute Gasteiger partial charge is 0.413 e. The first-order valence-electron chi connectivity index (χ1n) is 7.79. The number of rotatable bonds is 5. The standard InChI is InChI=1S/C17H22N2O5/c1-10-9-13(11(2)19(10)14-6-7-14)5-8-15(20)24-12(3)16(21)18-17(22)23-4/h5,8-9,12,14H,6-7H2,1-4H3,(H,18,21,22)/b8-5+/t12-/m0/s1. The van der Waals surface area contributed by atoms with Crippen LogP contribution in [-0.4, -0.2) is 35.8 Å². The second-order valence-corrected chi connectivity index (χ2v) is 5.82. The second-order valence-electron chi connectivity index (χ2n) is 5.82. The molecule has 0 aliphatic heterocycles. The molecule has 1 aromatic heterocycles. The van der Waals surface area contributed by atoms with E-state index >= 15 is 0 Å². The van der Waals surface area contributed by atoms with E-state index in [1.54, 1.807) is 6.08 Å². The van der Waals surface area contributed by atoms with Crippen LogP contribution in [0.1, 0.15) is 42.8 Å². The fourth-order valence-corrected chi connectivity index (χ4v) is 2.54. The number of imide groups is 1. The number of alkyl carbamates (subject to hydrolysis) is 1. The number of nitrogens with one attached hydrogen (secondary N) is 1. The third-order valence-corrected chi connectivity index (χ3v) is 3.91. The molecule has 0 saturated heterocycles. The number of methoxy groups -OCH3 is 1. The first kappa shape index (κ1) is 17.8. The molecule has 1 aromatic rings. The molecule has 0 spiro atoms. The summed E-state index contributed by atoms with van der Waals surface area (Å²) in [6.07, 6.45) is 3.34. The van der Waals surface area contributed by atoms with Gasteiger partial charge in [-0.1, -0.05) is 0 Å². The summed E-state index contributed by atoms with van der Waals surface area (Å²) in [5.41, 5.74) is 3.22. The molecule has 1 N–H and O–H groups in total. The zero-order valence-corrected chi connectivity index (χ0v) is 14.3. The van der Waals surface area contributed by atoms with E-state index in [9.17, 15) is 14.4 Å². The number of hydrogen-bond acceptors (Lipinski definition) is 5. The SMILES string of the molecule is COC(=O)NC(=O)[C@H](C)OC(=O)/C=C/c1cc(C)n(C2CC2)c1C. The lowest BCUT2D eigenvalue weighted by Crippen LogP contribution is -2.39. The van der Waals surface area contributed by atoms with Gasteiger partial charge in [-0.15, -0.1) is 0 Å². The van der Waals surface area contributed by atoms with E-state index in [1.165, 1.54) is 25.8 Å². The molecule has 1 atom stereocenters. The van der Waals surface area contributed by atoms with Gasteiger partial charge in [-0.2, -0.15) is 0 Å². The fraction of sp³-hybridized carbons (Fsp3) is 0.471. The number of nitrogens with zero attached hydrogens (tertiary/aromatic N) is 1. The molecular weight excluding hydrogens is 312 g/mol. The van der Waals surface area contributed by atoms with Gasteiger partial charge in [0.1, 0.15) is 0 Å². The van der Waals surface area contributed by atoms with Gasteiger partial charge in [-0.3, -0.25) is 10.1 Å². The molecule has 1 saturated carbocycles. The molecule has 7 heteroatoms. The normalized spacial score (nSPS) is 15.2. The Morgan fingerprint density at radius 2 is 2.00 bits per heavy atom. The summed E-state index contributed by atoms with van der Waals surface area (Å²) >= 11 is 0. The molecule has 0 radical (unpaired) electrons. The van der Waals surface area contributed by atoms with Crippen molar-refractivity contribution in [2.75, 3.05) is 7.11 Å². The van der Waals surface area contributed by atoms with Crippen molar-refractivity contribution in [3.05, 3.63) is 29.1 Å². The lowest BCUT2D eigenvalue weighted by atomic mass is 10.2. The van der Waals surface area contributed by atoms with Gasteiger partial charge in [0.2, 0.25) is 0 Å². The van der Waals surface area contributed by atoms with Crippen LogP contribution in [0.4, 0.5) is 4.79 Å². The lowest BCUT2D eigenvalue weighted by molar-refractivity contribution is -0.149. The van der Waals surface area contributed by atoms with Crippen molar-refractivity contribution in [3.63, 3.8) is 0 Å². The van der Waals surface area contributed by atoms with Crippen LogP contribution in [0.2, 0.25) is 0 Å². The number of amides is 2. The second kappa shape index (κ2) is 7.33. The van der Waals surface area contributed by atoms with Gasteiger partial charge in [0.05, 0.1) is 7.11 Å². The predicted octanol–water partition coefficient (Wildman–Crippen LogP) is 2.27.